The van der Waals surface area contributed by atoms with E-state index in [-0.39, 0.29) is 12.5 Å². The molecule has 0 radical (unpaired) electrons. The molecule has 0 aliphatic rings. The van der Waals surface area contributed by atoms with Crippen LogP contribution in [0.2, 0.25) is 5.02 Å². The van der Waals surface area contributed by atoms with Crippen LogP contribution in [0.3, 0.4) is 0 Å². The molecular formula is C17H16ClNO. The van der Waals surface area contributed by atoms with E-state index in [1.54, 1.807) is 0 Å². The van der Waals surface area contributed by atoms with Gasteiger partial charge in [-0.15, -0.1) is 0 Å². The average molecular weight is 286 g/mol. The Kier molecular flexibility index (Phi) is 3.77. The predicted molar refractivity (Wildman–Crippen MR) is 83.3 cm³/mol. The Balaban J connectivity index is 2.14. The number of para-hydroxylation sites is 1. The van der Waals surface area contributed by atoms with E-state index in [0.717, 1.165) is 16.1 Å². The topological polar surface area (TPSA) is 36.0 Å². The molecular weight excluding hydrogens is 270 g/mol. The van der Waals surface area contributed by atoms with Crippen LogP contribution < -0.4 is 0 Å². The summed E-state index contributed by atoms with van der Waals surface area (Å²) >= 11 is 6.33. The number of benzene rings is 2. The van der Waals surface area contributed by atoms with Crippen molar-refractivity contribution >= 4 is 22.5 Å². The molecule has 2 aromatic carbocycles. The van der Waals surface area contributed by atoms with Crippen molar-refractivity contribution in [3.8, 4) is 0 Å². The average Bonchev–Trinajstić information content (AvgIpc) is 2.90. The number of aromatic nitrogens is 1. The molecule has 3 rings (SSSR count). The molecule has 3 aromatic rings. The lowest BCUT2D eigenvalue weighted by Gasteiger charge is -2.17. The number of fused-ring (bicyclic) bond motifs is 1. The van der Waals surface area contributed by atoms with Gasteiger partial charge in [0.2, 0.25) is 0 Å². The number of nitrogens with one attached hydrogen (secondary N) is 1. The molecule has 0 bridgehead atoms. The van der Waals surface area contributed by atoms with Crippen molar-refractivity contribution in [1.29, 1.82) is 0 Å². The standard InChI is InChI=1S/C17H16ClNO/c18-16-7-3-1-5-13(16)12(9-10-20)15-11-19-17-8-4-2-6-14(15)17/h1-8,11-12,19-20H,9-10H2/t12-/m0/s1. The third-order valence-corrected chi connectivity index (χ3v) is 4.04. The van der Waals surface area contributed by atoms with Gasteiger partial charge in [-0.1, -0.05) is 48.0 Å². The number of rotatable bonds is 4. The van der Waals surface area contributed by atoms with Gasteiger partial charge in [0.15, 0.2) is 0 Å². The molecule has 0 aliphatic heterocycles. The number of aliphatic hydroxyl groups is 1. The van der Waals surface area contributed by atoms with Gasteiger partial charge in [0.05, 0.1) is 0 Å². The van der Waals surface area contributed by atoms with E-state index in [0.29, 0.717) is 6.42 Å². The van der Waals surface area contributed by atoms with Gasteiger partial charge >= 0.3 is 0 Å². The van der Waals surface area contributed by atoms with Crippen molar-refractivity contribution in [3.05, 3.63) is 70.9 Å². The Bertz CT molecular complexity index is 720. The summed E-state index contributed by atoms with van der Waals surface area (Å²) in [5, 5.41) is 11.3. The Labute approximate surface area is 123 Å². The van der Waals surface area contributed by atoms with Crippen LogP contribution >= 0.6 is 11.6 Å². The van der Waals surface area contributed by atoms with Crippen LogP contribution in [0.4, 0.5) is 0 Å². The maximum absolute atomic E-state index is 9.41. The van der Waals surface area contributed by atoms with Gasteiger partial charge in [-0.25, -0.2) is 0 Å². The summed E-state index contributed by atoms with van der Waals surface area (Å²) in [6.45, 7) is 0.134. The van der Waals surface area contributed by atoms with Crippen molar-refractivity contribution in [2.45, 2.75) is 12.3 Å². The molecule has 1 atom stereocenters. The molecule has 2 N–H and O–H groups in total. The number of aromatic amines is 1. The largest absolute Gasteiger partial charge is 0.396 e. The molecule has 20 heavy (non-hydrogen) atoms. The second-order valence-electron chi connectivity index (χ2n) is 4.88. The summed E-state index contributed by atoms with van der Waals surface area (Å²) in [4.78, 5) is 3.29. The summed E-state index contributed by atoms with van der Waals surface area (Å²) in [6.07, 6.45) is 2.68. The van der Waals surface area contributed by atoms with Crippen molar-refractivity contribution in [2.24, 2.45) is 0 Å². The first-order chi connectivity index (χ1) is 9.81. The highest BCUT2D eigenvalue weighted by Crippen LogP contribution is 2.36. The van der Waals surface area contributed by atoms with Crippen LogP contribution in [0, 0.1) is 0 Å². The summed E-state index contributed by atoms with van der Waals surface area (Å²) in [5.74, 6) is 0.102. The SMILES string of the molecule is OCC[C@@H](c1ccccc1Cl)c1c[nH]c2ccccc12. The number of hydrogen-bond donors (Lipinski definition) is 2. The monoisotopic (exact) mass is 285 g/mol. The quantitative estimate of drug-likeness (QED) is 0.735. The van der Waals surface area contributed by atoms with E-state index < -0.39 is 0 Å². The zero-order valence-corrected chi connectivity index (χ0v) is 11.8. The lowest BCUT2D eigenvalue weighted by atomic mass is 9.88. The van der Waals surface area contributed by atoms with E-state index in [2.05, 4.69) is 17.1 Å². The van der Waals surface area contributed by atoms with Gasteiger partial charge in [-0.3, -0.25) is 0 Å². The third-order valence-electron chi connectivity index (χ3n) is 3.70. The van der Waals surface area contributed by atoms with Crippen molar-refractivity contribution in [2.75, 3.05) is 6.61 Å². The minimum Gasteiger partial charge on any atom is -0.396 e. The van der Waals surface area contributed by atoms with Gasteiger partial charge in [0, 0.05) is 34.6 Å². The number of hydrogen-bond acceptors (Lipinski definition) is 1. The zero-order valence-electron chi connectivity index (χ0n) is 11.0. The molecule has 0 spiro atoms. The molecule has 1 aromatic heterocycles. The Hall–Kier alpha value is -1.77. The number of H-pyrrole nitrogens is 1. The molecule has 3 heteroatoms. The first-order valence-electron chi connectivity index (χ1n) is 6.72. The van der Waals surface area contributed by atoms with Gasteiger partial charge in [-0.2, -0.15) is 0 Å². The lowest BCUT2D eigenvalue weighted by Crippen LogP contribution is -2.04. The van der Waals surface area contributed by atoms with Crippen molar-refractivity contribution in [3.63, 3.8) is 0 Å². The highest BCUT2D eigenvalue weighted by Gasteiger charge is 2.19. The second-order valence-corrected chi connectivity index (χ2v) is 5.28. The fraction of sp³-hybridized carbons (Fsp3) is 0.176. The molecule has 102 valence electrons. The smallest absolute Gasteiger partial charge is 0.0457 e. The number of aliphatic hydroxyl groups excluding tert-OH is 1. The van der Waals surface area contributed by atoms with Crippen LogP contribution in [-0.2, 0) is 0 Å². The van der Waals surface area contributed by atoms with E-state index in [1.807, 2.05) is 42.6 Å². The third kappa shape index (κ3) is 2.33. The van der Waals surface area contributed by atoms with E-state index in [4.69, 9.17) is 11.6 Å². The molecule has 2 nitrogen and oxygen atoms in total. The summed E-state index contributed by atoms with van der Waals surface area (Å²) in [7, 11) is 0. The Morgan fingerprint density at radius 1 is 1.00 bits per heavy atom. The Morgan fingerprint density at radius 3 is 2.55 bits per heavy atom. The van der Waals surface area contributed by atoms with Crippen LogP contribution in [0.5, 0.6) is 0 Å². The molecule has 1 heterocycles. The van der Waals surface area contributed by atoms with Gasteiger partial charge in [0.1, 0.15) is 0 Å². The van der Waals surface area contributed by atoms with Crippen molar-refractivity contribution < 1.29 is 5.11 Å². The van der Waals surface area contributed by atoms with E-state index >= 15 is 0 Å². The highest BCUT2D eigenvalue weighted by atomic mass is 35.5. The maximum atomic E-state index is 9.41. The molecule has 0 amide bonds. The first-order valence-corrected chi connectivity index (χ1v) is 7.10. The van der Waals surface area contributed by atoms with E-state index in [1.165, 1.54) is 10.9 Å². The van der Waals surface area contributed by atoms with Crippen LogP contribution in [-0.4, -0.2) is 16.7 Å². The predicted octanol–water partition coefficient (Wildman–Crippen LogP) is 4.34. The van der Waals surface area contributed by atoms with Gasteiger partial charge in [0.25, 0.3) is 0 Å². The summed E-state index contributed by atoms with van der Waals surface area (Å²) < 4.78 is 0. The highest BCUT2D eigenvalue weighted by molar-refractivity contribution is 6.31. The molecule has 0 saturated carbocycles. The van der Waals surface area contributed by atoms with Crippen LogP contribution in [0.25, 0.3) is 10.9 Å². The van der Waals surface area contributed by atoms with Crippen molar-refractivity contribution in [1.82, 2.24) is 4.98 Å². The molecule has 0 aliphatic carbocycles. The lowest BCUT2D eigenvalue weighted by molar-refractivity contribution is 0.282. The molecule has 0 saturated heterocycles. The summed E-state index contributed by atoms with van der Waals surface area (Å²) in [5.41, 5.74) is 3.35. The van der Waals surface area contributed by atoms with Crippen LogP contribution in [0.15, 0.2) is 54.7 Å². The molecule has 0 fully saturated rings. The Morgan fingerprint density at radius 2 is 1.75 bits per heavy atom. The van der Waals surface area contributed by atoms with Crippen LogP contribution in [0.1, 0.15) is 23.5 Å². The van der Waals surface area contributed by atoms with Gasteiger partial charge < -0.3 is 10.1 Å². The minimum atomic E-state index is 0.102. The minimum absolute atomic E-state index is 0.102. The second kappa shape index (κ2) is 5.70. The number of halogens is 1. The summed E-state index contributed by atoms with van der Waals surface area (Å²) in [6, 6.07) is 16.0. The zero-order chi connectivity index (χ0) is 13.9. The van der Waals surface area contributed by atoms with Gasteiger partial charge in [-0.05, 0) is 29.7 Å². The fourth-order valence-electron chi connectivity index (χ4n) is 2.75. The first kappa shape index (κ1) is 13.2. The van der Waals surface area contributed by atoms with E-state index in [9.17, 15) is 5.11 Å². The fourth-order valence-corrected chi connectivity index (χ4v) is 3.02. The normalized spacial score (nSPS) is 12.7. The maximum Gasteiger partial charge on any atom is 0.0457 e. The molecule has 0 unspecified atom stereocenters.